The standard InChI is InChI=1S/C18H14N2O/c1-12-5-4-7-14(9-12)20-11-17-15(18(20)21)10-13-6-2-3-8-16(13)19-17/h2-10H,11H2,1H3. The van der Waals surface area contributed by atoms with Gasteiger partial charge >= 0.3 is 0 Å². The van der Waals surface area contributed by atoms with Crippen LogP contribution in [-0.2, 0) is 6.54 Å². The van der Waals surface area contributed by atoms with Crippen LogP contribution in [0.2, 0.25) is 0 Å². The monoisotopic (exact) mass is 274 g/mol. The largest absolute Gasteiger partial charge is 0.302 e. The van der Waals surface area contributed by atoms with Crippen molar-refractivity contribution in [3.63, 3.8) is 0 Å². The zero-order chi connectivity index (χ0) is 14.4. The van der Waals surface area contributed by atoms with E-state index in [0.717, 1.165) is 33.4 Å². The van der Waals surface area contributed by atoms with Crippen LogP contribution in [0.3, 0.4) is 0 Å². The van der Waals surface area contributed by atoms with E-state index in [0.29, 0.717) is 6.54 Å². The maximum atomic E-state index is 12.6. The van der Waals surface area contributed by atoms with Crippen molar-refractivity contribution in [3.8, 4) is 0 Å². The molecular weight excluding hydrogens is 260 g/mol. The molecular formula is C18H14N2O. The van der Waals surface area contributed by atoms with Gasteiger partial charge in [-0.3, -0.25) is 9.78 Å². The van der Waals surface area contributed by atoms with Gasteiger partial charge in [0, 0.05) is 11.1 Å². The van der Waals surface area contributed by atoms with Gasteiger partial charge in [-0.2, -0.15) is 0 Å². The Morgan fingerprint density at radius 3 is 2.76 bits per heavy atom. The Bertz CT molecular complexity index is 870. The molecule has 102 valence electrons. The summed E-state index contributed by atoms with van der Waals surface area (Å²) in [7, 11) is 0. The lowest BCUT2D eigenvalue weighted by Crippen LogP contribution is -2.22. The third kappa shape index (κ3) is 1.89. The van der Waals surface area contributed by atoms with Crippen LogP contribution in [0.1, 0.15) is 21.6 Å². The van der Waals surface area contributed by atoms with Crippen LogP contribution in [0.5, 0.6) is 0 Å². The lowest BCUT2D eigenvalue weighted by Gasteiger charge is -2.15. The molecule has 0 saturated carbocycles. The van der Waals surface area contributed by atoms with Crippen LogP contribution in [0, 0.1) is 6.92 Å². The number of aryl methyl sites for hydroxylation is 1. The highest BCUT2D eigenvalue weighted by atomic mass is 16.2. The average molecular weight is 274 g/mol. The lowest BCUT2D eigenvalue weighted by molar-refractivity contribution is 0.0996. The van der Waals surface area contributed by atoms with Crippen molar-refractivity contribution in [1.82, 2.24) is 4.98 Å². The zero-order valence-corrected chi connectivity index (χ0v) is 11.7. The summed E-state index contributed by atoms with van der Waals surface area (Å²) in [5.74, 6) is 0.0360. The summed E-state index contributed by atoms with van der Waals surface area (Å²) in [4.78, 5) is 19.1. The van der Waals surface area contributed by atoms with Gasteiger partial charge in [0.15, 0.2) is 0 Å². The molecule has 3 heteroatoms. The number of rotatable bonds is 1. The van der Waals surface area contributed by atoms with Crippen LogP contribution in [0.15, 0.2) is 54.6 Å². The number of nitrogens with zero attached hydrogens (tertiary/aromatic N) is 2. The first kappa shape index (κ1) is 12.1. The predicted molar refractivity (Wildman–Crippen MR) is 83.4 cm³/mol. The Hall–Kier alpha value is -2.68. The van der Waals surface area contributed by atoms with Gasteiger partial charge in [0.05, 0.1) is 23.3 Å². The van der Waals surface area contributed by atoms with Crippen LogP contribution in [0.4, 0.5) is 5.69 Å². The van der Waals surface area contributed by atoms with E-state index in [1.54, 1.807) is 4.90 Å². The summed E-state index contributed by atoms with van der Waals surface area (Å²) in [5.41, 5.74) is 4.60. The summed E-state index contributed by atoms with van der Waals surface area (Å²) in [5, 5.41) is 1.01. The molecule has 1 aliphatic heterocycles. The molecule has 0 fully saturated rings. The van der Waals surface area contributed by atoms with Gasteiger partial charge < -0.3 is 4.90 Å². The second kappa shape index (κ2) is 4.42. The highest BCUT2D eigenvalue weighted by Gasteiger charge is 2.30. The minimum atomic E-state index is 0.0360. The fraction of sp³-hybridized carbons (Fsp3) is 0.111. The number of carbonyl (C=O) groups is 1. The van der Waals surface area contributed by atoms with Crippen LogP contribution < -0.4 is 4.90 Å². The second-order valence-electron chi connectivity index (χ2n) is 5.41. The molecule has 0 aliphatic carbocycles. The maximum Gasteiger partial charge on any atom is 0.260 e. The van der Waals surface area contributed by atoms with Crippen molar-refractivity contribution in [3.05, 3.63) is 71.4 Å². The number of pyridine rings is 1. The number of fused-ring (bicyclic) bond motifs is 2. The van der Waals surface area contributed by atoms with E-state index in [1.807, 2.05) is 61.5 Å². The molecule has 1 amide bonds. The minimum absolute atomic E-state index is 0.0360. The molecule has 0 radical (unpaired) electrons. The zero-order valence-electron chi connectivity index (χ0n) is 11.7. The van der Waals surface area contributed by atoms with Crippen LogP contribution >= 0.6 is 0 Å². The van der Waals surface area contributed by atoms with E-state index in [1.165, 1.54) is 0 Å². The molecule has 0 saturated heterocycles. The number of para-hydroxylation sites is 1. The molecule has 0 bridgehead atoms. The van der Waals surface area contributed by atoms with Crippen molar-refractivity contribution < 1.29 is 4.79 Å². The van der Waals surface area contributed by atoms with Crippen molar-refractivity contribution >= 4 is 22.5 Å². The predicted octanol–water partition coefficient (Wildman–Crippen LogP) is 3.70. The summed E-state index contributed by atoms with van der Waals surface area (Å²) in [6.45, 7) is 2.58. The van der Waals surface area contributed by atoms with Crippen molar-refractivity contribution in [1.29, 1.82) is 0 Å². The van der Waals surface area contributed by atoms with Gasteiger partial charge in [0.2, 0.25) is 0 Å². The topological polar surface area (TPSA) is 33.2 Å². The molecule has 2 heterocycles. The quantitative estimate of drug-likeness (QED) is 0.678. The van der Waals surface area contributed by atoms with E-state index in [-0.39, 0.29) is 5.91 Å². The first-order chi connectivity index (χ1) is 10.2. The van der Waals surface area contributed by atoms with E-state index in [9.17, 15) is 4.79 Å². The molecule has 3 aromatic rings. The number of hydrogen-bond acceptors (Lipinski definition) is 2. The number of amides is 1. The Morgan fingerprint density at radius 1 is 1.05 bits per heavy atom. The average Bonchev–Trinajstić information content (AvgIpc) is 2.82. The van der Waals surface area contributed by atoms with Gasteiger partial charge in [0.25, 0.3) is 5.91 Å². The van der Waals surface area contributed by atoms with Crippen molar-refractivity contribution in [2.45, 2.75) is 13.5 Å². The first-order valence-electron chi connectivity index (χ1n) is 6.99. The third-order valence-corrected chi connectivity index (χ3v) is 3.90. The van der Waals surface area contributed by atoms with E-state index >= 15 is 0 Å². The van der Waals surface area contributed by atoms with E-state index in [4.69, 9.17) is 0 Å². The van der Waals surface area contributed by atoms with Gasteiger partial charge in [-0.15, -0.1) is 0 Å². The fourth-order valence-corrected chi connectivity index (χ4v) is 2.83. The Kier molecular flexibility index (Phi) is 2.54. The molecule has 0 unspecified atom stereocenters. The molecule has 0 N–H and O–H groups in total. The molecule has 1 aliphatic rings. The number of aromatic nitrogens is 1. The van der Waals surface area contributed by atoms with Gasteiger partial charge in [0.1, 0.15) is 0 Å². The maximum absolute atomic E-state index is 12.6. The fourth-order valence-electron chi connectivity index (χ4n) is 2.83. The van der Waals surface area contributed by atoms with Gasteiger partial charge in [-0.05, 0) is 36.8 Å². The Morgan fingerprint density at radius 2 is 1.90 bits per heavy atom. The third-order valence-electron chi connectivity index (χ3n) is 3.90. The minimum Gasteiger partial charge on any atom is -0.302 e. The van der Waals surface area contributed by atoms with Crippen molar-refractivity contribution in [2.24, 2.45) is 0 Å². The van der Waals surface area contributed by atoms with Crippen LogP contribution in [0.25, 0.3) is 10.9 Å². The van der Waals surface area contributed by atoms with Gasteiger partial charge in [-0.1, -0.05) is 30.3 Å². The molecule has 1 aromatic heterocycles. The van der Waals surface area contributed by atoms with Crippen molar-refractivity contribution in [2.75, 3.05) is 4.90 Å². The first-order valence-corrected chi connectivity index (χ1v) is 6.99. The number of anilines is 1. The Balaban J connectivity index is 1.82. The number of carbonyl (C=O) groups excluding carboxylic acids is 1. The summed E-state index contributed by atoms with van der Waals surface area (Å²) < 4.78 is 0. The Labute approximate surface area is 122 Å². The second-order valence-corrected chi connectivity index (χ2v) is 5.41. The summed E-state index contributed by atoms with van der Waals surface area (Å²) in [6.07, 6.45) is 0. The van der Waals surface area contributed by atoms with Gasteiger partial charge in [-0.25, -0.2) is 0 Å². The molecule has 21 heavy (non-hydrogen) atoms. The molecule has 0 atom stereocenters. The SMILES string of the molecule is Cc1cccc(N2Cc3nc4ccccc4cc3C2=O)c1. The van der Waals surface area contributed by atoms with E-state index in [2.05, 4.69) is 4.98 Å². The highest BCUT2D eigenvalue weighted by molar-refractivity contribution is 6.11. The summed E-state index contributed by atoms with van der Waals surface area (Å²) in [6, 6.07) is 17.9. The molecule has 3 nitrogen and oxygen atoms in total. The highest BCUT2D eigenvalue weighted by Crippen LogP contribution is 2.29. The molecule has 0 spiro atoms. The summed E-state index contributed by atoms with van der Waals surface area (Å²) >= 11 is 0. The number of hydrogen-bond donors (Lipinski definition) is 0. The molecule has 4 rings (SSSR count). The molecule has 2 aromatic carbocycles. The smallest absolute Gasteiger partial charge is 0.260 e. The normalized spacial score (nSPS) is 13.8. The number of benzene rings is 2. The lowest BCUT2D eigenvalue weighted by atomic mass is 10.1. The van der Waals surface area contributed by atoms with E-state index < -0.39 is 0 Å². The van der Waals surface area contributed by atoms with Crippen LogP contribution in [-0.4, -0.2) is 10.9 Å².